The summed E-state index contributed by atoms with van der Waals surface area (Å²) in [7, 11) is -3.69. The van der Waals surface area contributed by atoms with Gasteiger partial charge < -0.3 is 10.6 Å². The second kappa shape index (κ2) is 5.38. The molecule has 0 aliphatic carbocycles. The number of nitrogen functional groups attached to an aromatic ring is 1. The summed E-state index contributed by atoms with van der Waals surface area (Å²) >= 11 is 0. The van der Waals surface area contributed by atoms with Crippen LogP contribution in [0.5, 0.6) is 0 Å². The van der Waals surface area contributed by atoms with Crippen LogP contribution in [-0.2, 0) is 10.0 Å². The molecule has 5 nitrogen and oxygen atoms in total. The summed E-state index contributed by atoms with van der Waals surface area (Å²) in [6.45, 7) is 3.06. The van der Waals surface area contributed by atoms with Gasteiger partial charge in [-0.15, -0.1) is 0 Å². The number of rotatable bonds is 3. The van der Waals surface area contributed by atoms with Gasteiger partial charge >= 0.3 is 0 Å². The van der Waals surface area contributed by atoms with Gasteiger partial charge in [0.2, 0.25) is 10.0 Å². The Bertz CT molecular complexity index is 557. The molecule has 1 atom stereocenters. The van der Waals surface area contributed by atoms with E-state index < -0.39 is 10.0 Å². The van der Waals surface area contributed by atoms with Crippen molar-refractivity contribution in [3.05, 3.63) is 18.2 Å². The molecule has 0 saturated carbocycles. The monoisotopic (exact) mass is 283 g/mol. The van der Waals surface area contributed by atoms with E-state index in [0.29, 0.717) is 11.7 Å². The van der Waals surface area contributed by atoms with Gasteiger partial charge in [-0.1, -0.05) is 6.92 Å². The quantitative estimate of drug-likeness (QED) is 0.826. The molecule has 0 spiro atoms. The zero-order valence-electron chi connectivity index (χ0n) is 11.2. The van der Waals surface area contributed by atoms with Crippen LogP contribution in [0.1, 0.15) is 32.6 Å². The predicted molar refractivity (Wildman–Crippen MR) is 77.5 cm³/mol. The molecule has 1 aromatic carbocycles. The van der Waals surface area contributed by atoms with E-state index >= 15 is 0 Å². The molecule has 2 rings (SSSR count). The average molecular weight is 283 g/mol. The van der Waals surface area contributed by atoms with Crippen molar-refractivity contribution < 1.29 is 8.42 Å². The van der Waals surface area contributed by atoms with Gasteiger partial charge in [0.05, 0.1) is 16.3 Å². The van der Waals surface area contributed by atoms with Crippen LogP contribution < -0.4 is 15.8 Å². The van der Waals surface area contributed by atoms with E-state index in [1.807, 2.05) is 0 Å². The lowest BCUT2D eigenvalue weighted by molar-refractivity contribution is 0.450. The van der Waals surface area contributed by atoms with Gasteiger partial charge in [0.1, 0.15) is 0 Å². The number of nitrogens with two attached hydrogens (primary N) is 2. The van der Waals surface area contributed by atoms with Crippen molar-refractivity contribution in [3.8, 4) is 0 Å². The Morgan fingerprint density at radius 3 is 2.74 bits per heavy atom. The third-order valence-corrected chi connectivity index (χ3v) is 4.65. The fourth-order valence-corrected chi connectivity index (χ4v) is 3.22. The normalized spacial score (nSPS) is 20.5. The van der Waals surface area contributed by atoms with Gasteiger partial charge in [0.15, 0.2) is 0 Å². The van der Waals surface area contributed by atoms with Crippen LogP contribution in [0, 0.1) is 0 Å². The Hall–Kier alpha value is -1.27. The van der Waals surface area contributed by atoms with Crippen molar-refractivity contribution in [2.75, 3.05) is 17.2 Å². The lowest BCUT2D eigenvalue weighted by atomic mass is 9.99. The second-order valence-electron chi connectivity index (χ2n) is 5.02. The number of nitrogens with zero attached hydrogens (tertiary/aromatic N) is 1. The zero-order chi connectivity index (χ0) is 14.0. The van der Waals surface area contributed by atoms with Gasteiger partial charge in [-0.3, -0.25) is 0 Å². The second-order valence-corrected chi connectivity index (χ2v) is 6.58. The van der Waals surface area contributed by atoms with E-state index in [4.69, 9.17) is 10.9 Å². The number of hydrogen-bond acceptors (Lipinski definition) is 4. The summed E-state index contributed by atoms with van der Waals surface area (Å²) in [5.41, 5.74) is 7.40. The first-order chi connectivity index (χ1) is 8.93. The molecule has 1 heterocycles. The molecule has 0 bridgehead atoms. The fraction of sp³-hybridized carbons (Fsp3) is 0.538. The summed E-state index contributed by atoms with van der Waals surface area (Å²) in [5.74, 6) is 0. The van der Waals surface area contributed by atoms with Crippen molar-refractivity contribution in [1.82, 2.24) is 0 Å². The first-order valence-electron chi connectivity index (χ1n) is 6.62. The number of primary sulfonamides is 1. The van der Waals surface area contributed by atoms with Crippen LogP contribution in [0.25, 0.3) is 0 Å². The van der Waals surface area contributed by atoms with E-state index in [2.05, 4.69) is 11.8 Å². The smallest absolute Gasteiger partial charge is 0.238 e. The maximum absolute atomic E-state index is 11.4. The molecule has 0 aromatic heterocycles. The molecule has 1 saturated heterocycles. The van der Waals surface area contributed by atoms with Crippen molar-refractivity contribution in [3.63, 3.8) is 0 Å². The first-order valence-corrected chi connectivity index (χ1v) is 8.17. The molecule has 1 aliphatic rings. The number of anilines is 2. The topological polar surface area (TPSA) is 89.4 Å². The van der Waals surface area contributed by atoms with Gasteiger partial charge in [0, 0.05) is 12.6 Å². The Kier molecular flexibility index (Phi) is 4.01. The average Bonchev–Trinajstić information content (AvgIpc) is 2.38. The van der Waals surface area contributed by atoms with Crippen molar-refractivity contribution >= 4 is 21.4 Å². The largest absolute Gasteiger partial charge is 0.397 e. The van der Waals surface area contributed by atoms with Crippen molar-refractivity contribution in [2.45, 2.75) is 43.5 Å². The molecule has 4 N–H and O–H groups in total. The van der Waals surface area contributed by atoms with Crippen molar-refractivity contribution in [1.29, 1.82) is 0 Å². The third kappa shape index (κ3) is 3.01. The Morgan fingerprint density at radius 2 is 2.11 bits per heavy atom. The van der Waals surface area contributed by atoms with Gasteiger partial charge in [-0.05, 0) is 43.9 Å². The summed E-state index contributed by atoms with van der Waals surface area (Å²) in [4.78, 5) is 2.34. The molecule has 6 heteroatoms. The molecule has 0 radical (unpaired) electrons. The van der Waals surface area contributed by atoms with E-state index in [1.54, 1.807) is 12.1 Å². The van der Waals surface area contributed by atoms with Crippen molar-refractivity contribution in [2.24, 2.45) is 5.14 Å². The Labute approximate surface area is 114 Å². The Balaban J connectivity index is 2.42. The molecular weight excluding hydrogens is 262 g/mol. The highest BCUT2D eigenvalue weighted by Gasteiger charge is 2.23. The van der Waals surface area contributed by atoms with Gasteiger partial charge in [-0.25, -0.2) is 13.6 Å². The molecular formula is C13H21N3O2S. The van der Waals surface area contributed by atoms with E-state index in [1.165, 1.54) is 12.5 Å². The SMILES string of the molecule is CCC1CCCCN1c1cc(S(N)(=O)=O)ccc1N. The maximum Gasteiger partial charge on any atom is 0.238 e. The highest BCUT2D eigenvalue weighted by atomic mass is 32.2. The maximum atomic E-state index is 11.4. The minimum atomic E-state index is -3.69. The summed E-state index contributed by atoms with van der Waals surface area (Å²) in [5, 5.41) is 5.19. The van der Waals surface area contributed by atoms with E-state index in [0.717, 1.165) is 31.5 Å². The third-order valence-electron chi connectivity index (χ3n) is 3.74. The minimum Gasteiger partial charge on any atom is -0.397 e. The predicted octanol–water partition coefficient (Wildman–Crippen LogP) is 1.69. The molecule has 1 unspecified atom stereocenters. The lowest BCUT2D eigenvalue weighted by Crippen LogP contribution is -2.39. The molecule has 106 valence electrons. The van der Waals surface area contributed by atoms with E-state index in [-0.39, 0.29) is 4.90 Å². The van der Waals surface area contributed by atoms with Crippen LogP contribution >= 0.6 is 0 Å². The van der Waals surface area contributed by atoms with E-state index in [9.17, 15) is 8.42 Å². The minimum absolute atomic E-state index is 0.122. The Morgan fingerprint density at radius 1 is 1.37 bits per heavy atom. The number of sulfonamides is 1. The van der Waals surface area contributed by atoms with Crippen LogP contribution in [0.3, 0.4) is 0 Å². The van der Waals surface area contributed by atoms with Crippen LogP contribution in [0.2, 0.25) is 0 Å². The first kappa shape index (κ1) is 14.1. The van der Waals surface area contributed by atoms with Gasteiger partial charge in [-0.2, -0.15) is 0 Å². The number of piperidine rings is 1. The number of benzene rings is 1. The summed E-state index contributed by atoms with van der Waals surface area (Å²) < 4.78 is 22.9. The van der Waals surface area contributed by atoms with Crippen LogP contribution in [-0.4, -0.2) is 21.0 Å². The summed E-state index contributed by atoms with van der Waals surface area (Å²) in [6.07, 6.45) is 4.47. The van der Waals surface area contributed by atoms with Crippen LogP contribution in [0.4, 0.5) is 11.4 Å². The highest BCUT2D eigenvalue weighted by Crippen LogP contribution is 2.32. The number of hydrogen-bond donors (Lipinski definition) is 2. The molecule has 1 aliphatic heterocycles. The highest BCUT2D eigenvalue weighted by molar-refractivity contribution is 7.89. The molecule has 1 fully saturated rings. The van der Waals surface area contributed by atoms with Gasteiger partial charge in [0.25, 0.3) is 0 Å². The van der Waals surface area contributed by atoms with Crippen LogP contribution in [0.15, 0.2) is 23.1 Å². The zero-order valence-corrected chi connectivity index (χ0v) is 12.0. The molecule has 0 amide bonds. The standard InChI is InChI=1S/C13H21N3O2S/c1-2-10-5-3-4-8-16(10)13-9-11(19(15,17)18)6-7-12(13)14/h6-7,9-10H,2-5,8,14H2,1H3,(H2,15,17,18). The summed E-state index contributed by atoms with van der Waals surface area (Å²) in [6, 6.07) is 5.10. The molecule has 19 heavy (non-hydrogen) atoms. The lowest BCUT2D eigenvalue weighted by Gasteiger charge is -2.38. The fourth-order valence-electron chi connectivity index (χ4n) is 2.69. The molecule has 1 aromatic rings.